The number of benzene rings is 3. The Morgan fingerprint density at radius 3 is 2.52 bits per heavy atom. The number of aromatic nitrogens is 1. The molecule has 0 spiro atoms. The minimum atomic E-state index is -0.649. The second-order valence-electron chi connectivity index (χ2n) is 10.2. The highest BCUT2D eigenvalue weighted by Crippen LogP contribution is 2.31. The molecule has 0 saturated carbocycles. The Bertz CT molecular complexity index is 1860. The third-order valence-electron chi connectivity index (χ3n) is 6.98. The fourth-order valence-corrected chi connectivity index (χ4v) is 6.18. The lowest BCUT2D eigenvalue weighted by atomic mass is 9.93. The molecule has 6 nitrogen and oxygen atoms in total. The average molecular weight is 622 g/mol. The molecule has 1 aromatic heterocycles. The smallest absolute Gasteiger partial charge is 0.338 e. The summed E-state index contributed by atoms with van der Waals surface area (Å²) in [6.07, 6.45) is 1.82. The lowest BCUT2D eigenvalue weighted by molar-refractivity contribution is -0.139. The lowest BCUT2D eigenvalue weighted by Crippen LogP contribution is -2.39. The van der Waals surface area contributed by atoms with Gasteiger partial charge in [0.2, 0.25) is 0 Å². The van der Waals surface area contributed by atoms with Crippen LogP contribution < -0.4 is 19.6 Å². The molecule has 0 bridgehead atoms. The van der Waals surface area contributed by atoms with Gasteiger partial charge in [0.1, 0.15) is 12.4 Å². The van der Waals surface area contributed by atoms with Crippen LogP contribution in [0.25, 0.3) is 6.08 Å². The number of carbonyl (C=O) groups is 1. The number of allylic oxidation sites excluding steroid dienone is 1. The first kappa shape index (κ1) is 29.8. The maximum absolute atomic E-state index is 13.9. The van der Waals surface area contributed by atoms with E-state index in [2.05, 4.69) is 18.8 Å². The van der Waals surface area contributed by atoms with Crippen LogP contribution in [-0.4, -0.2) is 17.1 Å². The predicted molar refractivity (Wildman–Crippen MR) is 168 cm³/mol. The zero-order chi connectivity index (χ0) is 30.0. The summed E-state index contributed by atoms with van der Waals surface area (Å²) in [4.78, 5) is 32.2. The van der Waals surface area contributed by atoms with Gasteiger partial charge in [-0.15, -0.1) is 0 Å². The quantitative estimate of drug-likeness (QED) is 0.203. The first-order valence-electron chi connectivity index (χ1n) is 13.6. The van der Waals surface area contributed by atoms with E-state index < -0.39 is 12.0 Å². The summed E-state index contributed by atoms with van der Waals surface area (Å²) in [7, 11) is 0. The summed E-state index contributed by atoms with van der Waals surface area (Å²) in [5.41, 5.74) is 4.35. The van der Waals surface area contributed by atoms with Crippen molar-refractivity contribution in [1.29, 1.82) is 0 Å². The van der Waals surface area contributed by atoms with Gasteiger partial charge in [-0.1, -0.05) is 90.9 Å². The summed E-state index contributed by atoms with van der Waals surface area (Å²) in [5.74, 6) is 0.524. The van der Waals surface area contributed by atoms with Gasteiger partial charge in [-0.25, -0.2) is 9.79 Å². The summed E-state index contributed by atoms with van der Waals surface area (Å²) >= 11 is 13.4. The average Bonchev–Trinajstić information content (AvgIpc) is 3.27. The van der Waals surface area contributed by atoms with Crippen LogP contribution in [0.5, 0.6) is 5.75 Å². The van der Waals surface area contributed by atoms with Gasteiger partial charge in [0.15, 0.2) is 4.80 Å². The van der Waals surface area contributed by atoms with E-state index in [4.69, 9.17) is 32.7 Å². The van der Waals surface area contributed by atoms with Crippen LogP contribution in [0.2, 0.25) is 10.0 Å². The van der Waals surface area contributed by atoms with Crippen molar-refractivity contribution in [3.8, 4) is 5.75 Å². The van der Waals surface area contributed by atoms with Gasteiger partial charge in [-0.05, 0) is 72.4 Å². The fourth-order valence-electron chi connectivity index (χ4n) is 4.81. The molecule has 1 atom stereocenters. The molecule has 5 rings (SSSR count). The second kappa shape index (κ2) is 12.7. The molecule has 0 radical (unpaired) electrons. The van der Waals surface area contributed by atoms with Crippen LogP contribution in [0.4, 0.5) is 0 Å². The van der Waals surface area contributed by atoms with Gasteiger partial charge >= 0.3 is 5.97 Å². The van der Waals surface area contributed by atoms with Crippen molar-refractivity contribution in [1.82, 2.24) is 4.57 Å². The highest BCUT2D eigenvalue weighted by atomic mass is 35.5. The summed E-state index contributed by atoms with van der Waals surface area (Å²) < 4.78 is 13.5. The van der Waals surface area contributed by atoms with E-state index in [1.807, 2.05) is 60.7 Å². The molecular formula is C33H30Cl2N2O4S. The third-order valence-corrected chi connectivity index (χ3v) is 8.70. The molecule has 1 aliphatic heterocycles. The molecule has 0 saturated heterocycles. The van der Waals surface area contributed by atoms with Crippen LogP contribution in [0.1, 0.15) is 61.9 Å². The first-order chi connectivity index (χ1) is 20.2. The number of rotatable bonds is 8. The minimum Gasteiger partial charge on any atom is -0.489 e. The maximum Gasteiger partial charge on any atom is 0.338 e. The Morgan fingerprint density at radius 1 is 1.07 bits per heavy atom. The monoisotopic (exact) mass is 620 g/mol. The number of nitrogens with zero attached hydrogens (tertiary/aromatic N) is 2. The van der Waals surface area contributed by atoms with E-state index >= 15 is 0 Å². The molecule has 9 heteroatoms. The lowest BCUT2D eigenvalue weighted by Gasteiger charge is -2.25. The summed E-state index contributed by atoms with van der Waals surface area (Å²) in [6, 6.07) is 20.2. The van der Waals surface area contributed by atoms with Crippen LogP contribution in [0.15, 0.2) is 87.8 Å². The molecule has 0 aliphatic carbocycles. The second-order valence-corrected chi connectivity index (χ2v) is 12.1. The Morgan fingerprint density at radius 2 is 1.83 bits per heavy atom. The Balaban J connectivity index is 1.53. The highest BCUT2D eigenvalue weighted by molar-refractivity contribution is 7.07. The number of hydrogen-bond donors (Lipinski definition) is 0. The van der Waals surface area contributed by atoms with Gasteiger partial charge in [0, 0.05) is 0 Å². The van der Waals surface area contributed by atoms with E-state index in [-0.39, 0.29) is 12.2 Å². The molecule has 0 N–H and O–H groups in total. The van der Waals surface area contributed by atoms with Crippen LogP contribution in [-0.2, 0) is 16.1 Å². The topological polar surface area (TPSA) is 69.9 Å². The van der Waals surface area contributed by atoms with Crippen molar-refractivity contribution in [2.45, 2.75) is 46.3 Å². The van der Waals surface area contributed by atoms with Crippen molar-refractivity contribution < 1.29 is 14.3 Å². The van der Waals surface area contributed by atoms with Gasteiger partial charge in [0.25, 0.3) is 5.56 Å². The molecule has 0 amide bonds. The largest absolute Gasteiger partial charge is 0.489 e. The molecule has 1 aliphatic rings. The van der Waals surface area contributed by atoms with E-state index in [9.17, 15) is 9.59 Å². The molecule has 3 aromatic carbocycles. The number of thiazole rings is 1. The maximum atomic E-state index is 13.9. The molecule has 0 unspecified atom stereocenters. The van der Waals surface area contributed by atoms with E-state index in [1.165, 1.54) is 16.9 Å². The number of fused-ring (bicyclic) bond motifs is 1. The molecule has 4 aromatic rings. The Kier molecular flexibility index (Phi) is 9.02. The van der Waals surface area contributed by atoms with Gasteiger partial charge in [-0.3, -0.25) is 9.36 Å². The zero-order valence-electron chi connectivity index (χ0n) is 23.7. The molecule has 42 heavy (non-hydrogen) atoms. The van der Waals surface area contributed by atoms with Gasteiger partial charge in [-0.2, -0.15) is 0 Å². The number of carbonyl (C=O) groups excluding carboxylic acids is 1. The van der Waals surface area contributed by atoms with Gasteiger partial charge < -0.3 is 9.47 Å². The standard InChI is InChI=1S/C33H30Cl2N2O4S/c1-5-40-32(39)29-20(4)36-33-37(30(29)24-12-10-23(11-13-24)19(2)3)31(38)28(42-33)17-21-7-6-8-25(15-21)41-18-22-9-14-26(34)27(35)16-22/h6-17,19,30H,5,18H2,1-4H3/b28-17-/t30-/m0/s1. The van der Waals surface area contributed by atoms with E-state index in [0.29, 0.717) is 48.9 Å². The van der Waals surface area contributed by atoms with Crippen LogP contribution in [0, 0.1) is 0 Å². The van der Waals surface area contributed by atoms with Crippen LogP contribution >= 0.6 is 34.5 Å². The highest BCUT2D eigenvalue weighted by Gasteiger charge is 2.33. The Labute approximate surface area is 258 Å². The van der Waals surface area contributed by atoms with Crippen molar-refractivity contribution >= 4 is 46.6 Å². The number of ether oxygens (including phenoxy) is 2. The van der Waals surface area contributed by atoms with Crippen molar-refractivity contribution in [2.75, 3.05) is 6.61 Å². The van der Waals surface area contributed by atoms with E-state index in [1.54, 1.807) is 30.5 Å². The van der Waals surface area contributed by atoms with Crippen molar-refractivity contribution in [2.24, 2.45) is 4.99 Å². The zero-order valence-corrected chi connectivity index (χ0v) is 26.0. The molecule has 216 valence electrons. The summed E-state index contributed by atoms with van der Waals surface area (Å²) in [5, 5.41) is 0.959. The first-order valence-corrected chi connectivity index (χ1v) is 15.2. The number of esters is 1. The Hall–Kier alpha value is -3.65. The van der Waals surface area contributed by atoms with E-state index in [0.717, 1.165) is 16.7 Å². The van der Waals surface area contributed by atoms with Crippen molar-refractivity contribution in [3.05, 3.63) is 130 Å². The number of halogens is 2. The summed E-state index contributed by atoms with van der Waals surface area (Å²) in [6.45, 7) is 8.33. The normalized spacial score (nSPS) is 15.0. The van der Waals surface area contributed by atoms with Crippen LogP contribution in [0.3, 0.4) is 0 Å². The number of hydrogen-bond acceptors (Lipinski definition) is 6. The minimum absolute atomic E-state index is 0.225. The fraction of sp³-hybridized carbons (Fsp3) is 0.242. The third kappa shape index (κ3) is 6.24. The SMILES string of the molecule is CCOC(=O)C1=C(C)N=c2s/c(=C\c3cccc(OCc4ccc(Cl)c(Cl)c4)c3)c(=O)n2[C@H]1c1ccc(C(C)C)cc1. The van der Waals surface area contributed by atoms with Gasteiger partial charge in [0.05, 0.1) is 38.5 Å². The molecular weight excluding hydrogens is 591 g/mol. The molecule has 0 fully saturated rings. The van der Waals surface area contributed by atoms with Crippen molar-refractivity contribution in [3.63, 3.8) is 0 Å². The predicted octanol–water partition coefficient (Wildman–Crippen LogP) is 6.81. The molecule has 2 heterocycles.